The lowest BCUT2D eigenvalue weighted by atomic mass is 10.1. The molecule has 5 aromatic carbocycles. The van der Waals surface area contributed by atoms with Crippen LogP contribution in [0.4, 0.5) is 0 Å². The Kier molecular flexibility index (Phi) is 4.83. The van der Waals surface area contributed by atoms with E-state index >= 15 is 0 Å². The summed E-state index contributed by atoms with van der Waals surface area (Å²) in [5.41, 5.74) is 7.24. The maximum absolute atomic E-state index is 6.33. The molecule has 7 aromatic rings. The van der Waals surface area contributed by atoms with E-state index in [4.69, 9.17) is 21.6 Å². The molecule has 0 amide bonds. The van der Waals surface area contributed by atoms with Gasteiger partial charge in [0.1, 0.15) is 0 Å². The van der Waals surface area contributed by atoms with E-state index in [1.165, 1.54) is 21.8 Å². The first-order chi connectivity index (χ1) is 17.8. The highest BCUT2D eigenvalue weighted by Gasteiger charge is 2.14. The van der Waals surface area contributed by atoms with Crippen molar-refractivity contribution in [2.24, 2.45) is 0 Å². The first-order valence-electron chi connectivity index (χ1n) is 11.9. The van der Waals surface area contributed by atoms with Gasteiger partial charge in [-0.3, -0.25) is 0 Å². The number of nitrogens with zero attached hydrogens (tertiary/aromatic N) is 3. The number of aromatic nitrogens is 3. The van der Waals surface area contributed by atoms with Gasteiger partial charge in [0.05, 0.1) is 22.2 Å². The van der Waals surface area contributed by atoms with Crippen LogP contribution in [0.15, 0.2) is 121 Å². The van der Waals surface area contributed by atoms with Crippen LogP contribution in [0, 0.1) is 0 Å². The summed E-state index contributed by atoms with van der Waals surface area (Å²) in [5, 5.41) is 4.12. The zero-order chi connectivity index (χ0) is 24.1. The second-order valence-corrected chi connectivity index (χ2v) is 9.28. The third-order valence-corrected chi connectivity index (χ3v) is 6.90. The zero-order valence-corrected chi connectivity index (χ0v) is 20.0. The molecule has 0 aliphatic heterocycles. The van der Waals surface area contributed by atoms with Crippen LogP contribution < -0.4 is 0 Å². The molecular weight excluding hydrogens is 462 g/mol. The summed E-state index contributed by atoms with van der Waals surface area (Å²) in [6, 6.07) is 41.5. The highest BCUT2D eigenvalue weighted by Crippen LogP contribution is 2.34. The quantitative estimate of drug-likeness (QED) is 0.252. The second kappa shape index (κ2) is 8.33. The number of fused-ring (bicyclic) bond motifs is 4. The summed E-state index contributed by atoms with van der Waals surface area (Å²) in [5.74, 6) is 0.692. The lowest BCUT2D eigenvalue weighted by molar-refractivity contribution is 1.17. The average molecular weight is 482 g/mol. The lowest BCUT2D eigenvalue weighted by Gasteiger charge is -2.11. The van der Waals surface area contributed by atoms with Crippen molar-refractivity contribution in [2.75, 3.05) is 0 Å². The first kappa shape index (κ1) is 20.9. The van der Waals surface area contributed by atoms with Gasteiger partial charge < -0.3 is 4.57 Å². The van der Waals surface area contributed by atoms with Crippen LogP contribution >= 0.6 is 11.6 Å². The molecule has 3 nitrogen and oxygen atoms in total. The molecule has 7 rings (SSSR count). The van der Waals surface area contributed by atoms with E-state index < -0.39 is 0 Å². The maximum atomic E-state index is 6.33. The molecule has 0 saturated carbocycles. The highest BCUT2D eigenvalue weighted by atomic mass is 35.5. The lowest BCUT2D eigenvalue weighted by Crippen LogP contribution is -1.97. The van der Waals surface area contributed by atoms with Gasteiger partial charge in [-0.25, -0.2) is 9.97 Å². The number of halogens is 1. The Morgan fingerprint density at radius 3 is 1.86 bits per heavy atom. The van der Waals surface area contributed by atoms with Crippen molar-refractivity contribution < 1.29 is 0 Å². The molecule has 0 bridgehead atoms. The fourth-order valence-corrected chi connectivity index (χ4v) is 5.18. The van der Waals surface area contributed by atoms with E-state index in [-0.39, 0.29) is 0 Å². The van der Waals surface area contributed by atoms with Gasteiger partial charge in [0.25, 0.3) is 0 Å². The summed E-state index contributed by atoms with van der Waals surface area (Å²) >= 11 is 6.33. The molecule has 4 heteroatoms. The molecule has 0 spiro atoms. The second-order valence-electron chi connectivity index (χ2n) is 8.84. The van der Waals surface area contributed by atoms with Crippen LogP contribution in [0.5, 0.6) is 0 Å². The zero-order valence-electron chi connectivity index (χ0n) is 19.3. The molecular formula is C32H20ClN3. The third-order valence-electron chi connectivity index (χ3n) is 6.67. The van der Waals surface area contributed by atoms with Gasteiger partial charge >= 0.3 is 0 Å². The number of hydrogen-bond acceptors (Lipinski definition) is 2. The van der Waals surface area contributed by atoms with E-state index in [1.807, 2.05) is 36.4 Å². The van der Waals surface area contributed by atoms with Gasteiger partial charge in [-0.15, -0.1) is 0 Å². The van der Waals surface area contributed by atoms with E-state index in [2.05, 4.69) is 89.5 Å². The fraction of sp³-hybridized carbons (Fsp3) is 0. The van der Waals surface area contributed by atoms with Crippen LogP contribution in [-0.4, -0.2) is 14.5 Å². The smallest absolute Gasteiger partial charge is 0.160 e. The predicted octanol–water partition coefficient (Wildman–Crippen LogP) is 8.71. The van der Waals surface area contributed by atoms with E-state index in [1.54, 1.807) is 0 Å². The topological polar surface area (TPSA) is 30.7 Å². The Morgan fingerprint density at radius 2 is 1.17 bits per heavy atom. The number of benzene rings is 5. The van der Waals surface area contributed by atoms with Crippen LogP contribution in [-0.2, 0) is 0 Å². The number of rotatable bonds is 3. The molecule has 0 N–H and O–H groups in total. The summed E-state index contributed by atoms with van der Waals surface area (Å²) in [7, 11) is 0. The van der Waals surface area contributed by atoms with E-state index in [0.717, 1.165) is 33.4 Å². The Morgan fingerprint density at radius 1 is 0.528 bits per heavy atom. The van der Waals surface area contributed by atoms with Gasteiger partial charge in [-0.2, -0.15) is 0 Å². The molecule has 0 radical (unpaired) electrons. The maximum Gasteiger partial charge on any atom is 0.160 e. The first-order valence-corrected chi connectivity index (χ1v) is 12.3. The highest BCUT2D eigenvalue weighted by molar-refractivity contribution is 6.31. The van der Waals surface area contributed by atoms with E-state index in [0.29, 0.717) is 10.8 Å². The molecule has 0 aliphatic rings. The van der Waals surface area contributed by atoms with Crippen molar-refractivity contribution in [3.05, 3.63) is 126 Å². The Hall–Kier alpha value is -4.47. The molecule has 2 aromatic heterocycles. The minimum absolute atomic E-state index is 0.673. The standard InChI is InChI=1S/C32H20ClN3/c33-23-16-19-28-27(20-23)31(21-8-2-1-3-9-21)35-32(34-28)22-14-17-24(18-15-22)36-29-12-6-4-10-25(29)26-11-5-7-13-30(26)36/h1-20H. The van der Waals surface area contributed by atoms with Gasteiger partial charge in [-0.05, 0) is 54.6 Å². The number of hydrogen-bond donors (Lipinski definition) is 0. The monoisotopic (exact) mass is 481 g/mol. The van der Waals surface area contributed by atoms with Crippen molar-refractivity contribution in [3.8, 4) is 28.3 Å². The van der Waals surface area contributed by atoms with Crippen LogP contribution in [0.3, 0.4) is 0 Å². The minimum atomic E-state index is 0.673. The summed E-state index contributed by atoms with van der Waals surface area (Å²) < 4.78 is 2.31. The molecule has 2 heterocycles. The normalized spacial score (nSPS) is 11.5. The van der Waals surface area contributed by atoms with Gasteiger partial charge in [0, 0.05) is 38.0 Å². The SMILES string of the molecule is Clc1ccc2nc(-c3ccc(-n4c5ccccc5c5ccccc54)cc3)nc(-c3ccccc3)c2c1. The van der Waals surface area contributed by atoms with Crippen LogP contribution in [0.2, 0.25) is 5.02 Å². The molecule has 0 fully saturated rings. The van der Waals surface area contributed by atoms with E-state index in [9.17, 15) is 0 Å². The molecule has 0 atom stereocenters. The molecule has 0 unspecified atom stereocenters. The average Bonchev–Trinajstić information content (AvgIpc) is 3.27. The molecule has 0 saturated heterocycles. The summed E-state index contributed by atoms with van der Waals surface area (Å²) in [4.78, 5) is 9.89. The Balaban J connectivity index is 1.39. The fourth-order valence-electron chi connectivity index (χ4n) is 5.01. The van der Waals surface area contributed by atoms with Crippen molar-refractivity contribution >= 4 is 44.3 Å². The van der Waals surface area contributed by atoms with Crippen molar-refractivity contribution in [3.63, 3.8) is 0 Å². The van der Waals surface area contributed by atoms with Crippen LogP contribution in [0.1, 0.15) is 0 Å². The third kappa shape index (κ3) is 3.36. The largest absolute Gasteiger partial charge is 0.309 e. The molecule has 36 heavy (non-hydrogen) atoms. The number of para-hydroxylation sites is 2. The molecule has 170 valence electrons. The predicted molar refractivity (Wildman–Crippen MR) is 150 cm³/mol. The van der Waals surface area contributed by atoms with Crippen LogP contribution in [0.25, 0.3) is 61.0 Å². The van der Waals surface area contributed by atoms with Gasteiger partial charge in [0.15, 0.2) is 5.82 Å². The van der Waals surface area contributed by atoms with Gasteiger partial charge in [-0.1, -0.05) is 78.3 Å². The van der Waals surface area contributed by atoms with Crippen molar-refractivity contribution in [1.82, 2.24) is 14.5 Å². The Bertz CT molecular complexity index is 1830. The molecule has 0 aliphatic carbocycles. The van der Waals surface area contributed by atoms with Crippen molar-refractivity contribution in [2.45, 2.75) is 0 Å². The minimum Gasteiger partial charge on any atom is -0.309 e. The Labute approximate surface area is 213 Å². The summed E-state index contributed by atoms with van der Waals surface area (Å²) in [6.45, 7) is 0. The summed E-state index contributed by atoms with van der Waals surface area (Å²) in [6.07, 6.45) is 0. The van der Waals surface area contributed by atoms with Crippen molar-refractivity contribution in [1.29, 1.82) is 0 Å². The van der Waals surface area contributed by atoms with Gasteiger partial charge in [0.2, 0.25) is 0 Å².